The quantitative estimate of drug-likeness (QED) is 0.921. The highest BCUT2D eigenvalue weighted by Gasteiger charge is 2.31. The number of ether oxygens (including phenoxy) is 1. The minimum Gasteiger partial charge on any atom is -0.374 e. The maximum atomic E-state index is 6.01. The summed E-state index contributed by atoms with van der Waals surface area (Å²) < 4.78 is 6.01. The van der Waals surface area contributed by atoms with Gasteiger partial charge in [0.15, 0.2) is 0 Å². The Balaban J connectivity index is 1.50. The van der Waals surface area contributed by atoms with Crippen molar-refractivity contribution < 1.29 is 4.74 Å². The molecule has 116 valence electrons. The molecule has 2 saturated heterocycles. The van der Waals surface area contributed by atoms with E-state index in [4.69, 9.17) is 4.74 Å². The van der Waals surface area contributed by atoms with Crippen LogP contribution in [0.4, 0.5) is 0 Å². The Morgan fingerprint density at radius 1 is 1.24 bits per heavy atom. The third-order valence-electron chi connectivity index (χ3n) is 4.98. The van der Waals surface area contributed by atoms with Gasteiger partial charge >= 0.3 is 0 Å². The highest BCUT2D eigenvalue weighted by Crippen LogP contribution is 2.22. The molecule has 0 aromatic heterocycles. The van der Waals surface area contributed by atoms with E-state index < -0.39 is 0 Å². The van der Waals surface area contributed by atoms with Gasteiger partial charge in [-0.1, -0.05) is 17.7 Å². The highest BCUT2D eigenvalue weighted by atomic mass is 16.5. The molecule has 3 nitrogen and oxygen atoms in total. The molecule has 2 unspecified atom stereocenters. The van der Waals surface area contributed by atoms with Crippen LogP contribution in [-0.4, -0.2) is 43.3 Å². The maximum Gasteiger partial charge on any atom is 0.0827 e. The van der Waals surface area contributed by atoms with Crippen molar-refractivity contribution in [2.45, 2.75) is 52.3 Å². The molecule has 21 heavy (non-hydrogen) atoms. The van der Waals surface area contributed by atoms with Crippen LogP contribution in [0.1, 0.15) is 35.1 Å². The summed E-state index contributed by atoms with van der Waals surface area (Å²) in [5, 5.41) is 3.60. The van der Waals surface area contributed by atoms with E-state index in [1.807, 2.05) is 0 Å². The van der Waals surface area contributed by atoms with Gasteiger partial charge in [-0.3, -0.25) is 4.90 Å². The van der Waals surface area contributed by atoms with E-state index in [1.54, 1.807) is 0 Å². The monoisotopic (exact) mass is 288 g/mol. The van der Waals surface area contributed by atoms with Gasteiger partial charge in [0.1, 0.15) is 0 Å². The first kappa shape index (κ1) is 15.0. The smallest absolute Gasteiger partial charge is 0.0827 e. The Hall–Kier alpha value is -0.900. The molecule has 1 aromatic carbocycles. The molecule has 0 aliphatic carbocycles. The Morgan fingerprint density at radius 2 is 2.00 bits per heavy atom. The number of nitrogens with zero attached hydrogens (tertiary/aromatic N) is 1. The summed E-state index contributed by atoms with van der Waals surface area (Å²) in [6.45, 7) is 11.8. The van der Waals surface area contributed by atoms with E-state index in [2.05, 4.69) is 43.1 Å². The van der Waals surface area contributed by atoms with Gasteiger partial charge in [0.2, 0.25) is 0 Å². The van der Waals surface area contributed by atoms with Gasteiger partial charge in [0.05, 0.1) is 12.7 Å². The number of morpholine rings is 1. The van der Waals surface area contributed by atoms with Crippen LogP contribution in [0.5, 0.6) is 0 Å². The molecule has 1 aromatic rings. The Morgan fingerprint density at radius 3 is 2.76 bits per heavy atom. The number of nitrogens with one attached hydrogen (secondary N) is 1. The number of fused-ring (bicyclic) bond motifs is 1. The Bertz CT molecular complexity index is 477. The second-order valence-corrected chi connectivity index (χ2v) is 6.75. The van der Waals surface area contributed by atoms with Crippen LogP contribution >= 0.6 is 0 Å². The normalized spacial score (nSPS) is 26.0. The third kappa shape index (κ3) is 3.47. The third-order valence-corrected chi connectivity index (χ3v) is 4.98. The lowest BCUT2D eigenvalue weighted by Gasteiger charge is -2.35. The van der Waals surface area contributed by atoms with Gasteiger partial charge < -0.3 is 10.1 Å². The van der Waals surface area contributed by atoms with Crippen LogP contribution in [0.15, 0.2) is 12.1 Å². The number of rotatable bonds is 4. The summed E-state index contributed by atoms with van der Waals surface area (Å²) in [5.74, 6) is 0. The number of benzene rings is 1. The average molecular weight is 288 g/mol. The second-order valence-electron chi connectivity index (χ2n) is 6.75. The van der Waals surface area contributed by atoms with Gasteiger partial charge in [-0.25, -0.2) is 0 Å². The summed E-state index contributed by atoms with van der Waals surface area (Å²) in [6.07, 6.45) is 3.02. The van der Waals surface area contributed by atoms with Crippen molar-refractivity contribution in [1.29, 1.82) is 0 Å². The molecule has 2 aliphatic rings. The van der Waals surface area contributed by atoms with Crippen LogP contribution in [0.25, 0.3) is 0 Å². The number of hydrogen-bond acceptors (Lipinski definition) is 3. The molecule has 2 aliphatic heterocycles. The molecule has 1 N–H and O–H groups in total. The molecular formula is C18H28N2O. The summed E-state index contributed by atoms with van der Waals surface area (Å²) >= 11 is 0. The van der Waals surface area contributed by atoms with E-state index in [0.717, 1.165) is 26.2 Å². The molecule has 0 bridgehead atoms. The van der Waals surface area contributed by atoms with Gasteiger partial charge in [-0.05, 0) is 56.8 Å². The van der Waals surface area contributed by atoms with Crippen LogP contribution < -0.4 is 5.32 Å². The lowest BCUT2D eigenvalue weighted by molar-refractivity contribution is -0.0470. The van der Waals surface area contributed by atoms with E-state index in [0.29, 0.717) is 12.1 Å². The van der Waals surface area contributed by atoms with Gasteiger partial charge in [0, 0.05) is 25.7 Å². The predicted octanol–water partition coefficient (Wildman–Crippen LogP) is 2.56. The van der Waals surface area contributed by atoms with Gasteiger partial charge in [0.25, 0.3) is 0 Å². The Labute approximate surface area is 128 Å². The molecule has 0 radical (unpaired) electrons. The van der Waals surface area contributed by atoms with Crippen molar-refractivity contribution in [2.75, 3.05) is 26.2 Å². The van der Waals surface area contributed by atoms with Crippen LogP contribution in [0, 0.1) is 20.8 Å². The van der Waals surface area contributed by atoms with Gasteiger partial charge in [-0.15, -0.1) is 0 Å². The minimum atomic E-state index is 0.352. The lowest BCUT2D eigenvalue weighted by atomic mass is 10.00. The second kappa shape index (κ2) is 6.47. The first-order chi connectivity index (χ1) is 10.1. The maximum absolute atomic E-state index is 6.01. The fourth-order valence-electron chi connectivity index (χ4n) is 3.86. The molecule has 0 saturated carbocycles. The topological polar surface area (TPSA) is 24.5 Å². The molecule has 0 spiro atoms. The van der Waals surface area contributed by atoms with Crippen molar-refractivity contribution in [1.82, 2.24) is 10.2 Å². The summed E-state index contributed by atoms with van der Waals surface area (Å²) in [7, 11) is 0. The highest BCUT2D eigenvalue weighted by molar-refractivity contribution is 5.37. The lowest BCUT2D eigenvalue weighted by Crippen LogP contribution is -2.49. The van der Waals surface area contributed by atoms with Crippen LogP contribution in [0.3, 0.4) is 0 Å². The standard InChI is InChI=1S/C18H28N2O/c1-13-7-14(2)18(15(3)8-13)10-19-9-17-11-20-6-4-5-16(20)12-21-17/h7-8,16-17,19H,4-6,9-12H2,1-3H3. The zero-order valence-electron chi connectivity index (χ0n) is 13.6. The molecule has 2 fully saturated rings. The molecule has 0 amide bonds. The summed E-state index contributed by atoms with van der Waals surface area (Å²) in [5.41, 5.74) is 5.58. The van der Waals surface area contributed by atoms with E-state index in [9.17, 15) is 0 Å². The Kier molecular flexibility index (Phi) is 4.63. The first-order valence-electron chi connectivity index (χ1n) is 8.26. The van der Waals surface area contributed by atoms with Crippen LogP contribution in [-0.2, 0) is 11.3 Å². The zero-order chi connectivity index (χ0) is 14.8. The van der Waals surface area contributed by atoms with Crippen LogP contribution in [0.2, 0.25) is 0 Å². The molecule has 2 atom stereocenters. The fourth-order valence-corrected chi connectivity index (χ4v) is 3.86. The number of hydrogen-bond donors (Lipinski definition) is 1. The fraction of sp³-hybridized carbons (Fsp3) is 0.667. The van der Waals surface area contributed by atoms with E-state index in [1.165, 1.54) is 41.6 Å². The SMILES string of the molecule is Cc1cc(C)c(CNCC2CN3CCCC3CO2)c(C)c1. The van der Waals surface area contributed by atoms with E-state index in [-0.39, 0.29) is 0 Å². The summed E-state index contributed by atoms with van der Waals surface area (Å²) in [6, 6.07) is 5.24. The molecule has 3 heteroatoms. The first-order valence-corrected chi connectivity index (χ1v) is 8.26. The van der Waals surface area contributed by atoms with Crippen molar-refractivity contribution in [2.24, 2.45) is 0 Å². The number of aryl methyl sites for hydroxylation is 3. The van der Waals surface area contributed by atoms with Crippen molar-refractivity contribution in [3.63, 3.8) is 0 Å². The minimum absolute atomic E-state index is 0.352. The molecule has 3 rings (SSSR count). The zero-order valence-corrected chi connectivity index (χ0v) is 13.6. The molecule has 2 heterocycles. The van der Waals surface area contributed by atoms with Crippen molar-refractivity contribution in [3.8, 4) is 0 Å². The van der Waals surface area contributed by atoms with E-state index >= 15 is 0 Å². The predicted molar refractivity (Wildman–Crippen MR) is 86.7 cm³/mol. The van der Waals surface area contributed by atoms with Crippen molar-refractivity contribution >= 4 is 0 Å². The van der Waals surface area contributed by atoms with Crippen molar-refractivity contribution in [3.05, 3.63) is 34.4 Å². The average Bonchev–Trinajstić information content (AvgIpc) is 2.89. The van der Waals surface area contributed by atoms with Gasteiger partial charge in [-0.2, -0.15) is 0 Å². The largest absolute Gasteiger partial charge is 0.374 e. The summed E-state index contributed by atoms with van der Waals surface area (Å²) in [4.78, 5) is 2.61. The molecular weight excluding hydrogens is 260 g/mol.